The molecule has 8 nitrogen and oxygen atoms in total. The topological polar surface area (TPSA) is 94.5 Å². The van der Waals surface area contributed by atoms with Crippen LogP contribution < -0.4 is 0 Å². The highest BCUT2D eigenvalue weighted by atomic mass is 16.8. The van der Waals surface area contributed by atoms with Gasteiger partial charge in [0.2, 0.25) is 0 Å². The number of hydrogen-bond donors (Lipinski definition) is 1. The lowest BCUT2D eigenvalue weighted by Crippen LogP contribution is -2.51. The second-order valence-corrected chi connectivity index (χ2v) is 7.57. The molecule has 0 aromatic carbocycles. The van der Waals surface area contributed by atoms with Gasteiger partial charge in [-0.15, -0.1) is 0 Å². The quantitative estimate of drug-likeness (QED) is 0.764. The molecule has 8 heteroatoms. The minimum Gasteiger partial charge on any atom is -0.464 e. The van der Waals surface area contributed by atoms with Gasteiger partial charge in [-0.1, -0.05) is 0 Å². The highest BCUT2D eigenvalue weighted by Crippen LogP contribution is 2.41. The molecule has 0 spiro atoms. The molecule has 2 aliphatic heterocycles. The Morgan fingerprint density at radius 2 is 1.71 bits per heavy atom. The zero-order chi connectivity index (χ0) is 18.3. The number of esters is 1. The predicted molar refractivity (Wildman–Crippen MR) is 83.2 cm³/mol. The van der Waals surface area contributed by atoms with Crippen LogP contribution in [-0.2, 0) is 23.7 Å². The van der Waals surface area contributed by atoms with Gasteiger partial charge < -0.3 is 24.1 Å². The van der Waals surface area contributed by atoms with Gasteiger partial charge in [0.25, 0.3) is 0 Å². The first-order chi connectivity index (χ1) is 10.9. The van der Waals surface area contributed by atoms with Crippen LogP contribution in [0.5, 0.6) is 0 Å². The van der Waals surface area contributed by atoms with Crippen molar-refractivity contribution in [1.29, 1.82) is 0 Å². The summed E-state index contributed by atoms with van der Waals surface area (Å²) < 4.78 is 22.3. The third-order valence-electron chi connectivity index (χ3n) is 3.89. The first-order valence-electron chi connectivity index (χ1n) is 8.06. The lowest BCUT2D eigenvalue weighted by Gasteiger charge is -2.34. The van der Waals surface area contributed by atoms with Crippen molar-refractivity contribution in [3.05, 3.63) is 0 Å². The van der Waals surface area contributed by atoms with Crippen LogP contribution >= 0.6 is 0 Å². The van der Waals surface area contributed by atoms with Crippen LogP contribution in [0, 0.1) is 0 Å². The van der Waals surface area contributed by atoms with Crippen LogP contribution in [0.1, 0.15) is 41.5 Å². The molecule has 0 radical (unpaired) electrons. The number of hydrogen-bond acceptors (Lipinski definition) is 7. The van der Waals surface area contributed by atoms with Crippen molar-refractivity contribution in [1.82, 2.24) is 4.90 Å². The van der Waals surface area contributed by atoms with Crippen molar-refractivity contribution in [2.24, 2.45) is 0 Å². The summed E-state index contributed by atoms with van der Waals surface area (Å²) in [7, 11) is 0. The van der Waals surface area contributed by atoms with Crippen molar-refractivity contribution in [2.45, 2.75) is 77.2 Å². The Kier molecular flexibility index (Phi) is 5.13. The number of aliphatic hydroxyl groups is 1. The smallest absolute Gasteiger partial charge is 0.411 e. The van der Waals surface area contributed by atoms with Crippen LogP contribution in [0.25, 0.3) is 0 Å². The number of carbonyl (C=O) groups excluding carboxylic acids is 2. The molecule has 2 fully saturated rings. The minimum atomic E-state index is -0.836. The Labute approximate surface area is 142 Å². The van der Waals surface area contributed by atoms with Crippen molar-refractivity contribution < 1.29 is 33.6 Å². The highest BCUT2D eigenvalue weighted by molar-refractivity contribution is 5.70. The second-order valence-electron chi connectivity index (χ2n) is 7.57. The number of likely N-dealkylation sites (tertiary alicyclic amines) is 1. The lowest BCUT2D eigenvalue weighted by molar-refractivity contribution is -0.172. The highest BCUT2D eigenvalue weighted by Gasteiger charge is 2.60. The second kappa shape index (κ2) is 6.50. The Hall–Kier alpha value is -1.38. The zero-order valence-electron chi connectivity index (χ0n) is 15.1. The molecule has 0 saturated carbocycles. The van der Waals surface area contributed by atoms with Gasteiger partial charge in [-0.25, -0.2) is 4.79 Å². The SMILES string of the molecule is CC(=O)OC[C@@H]1[C@H]2OC(C)(C)O[C@H]2[C@H](CO)N1C(=O)OC(C)(C)C. The third-order valence-corrected chi connectivity index (χ3v) is 3.89. The van der Waals surface area contributed by atoms with E-state index >= 15 is 0 Å². The van der Waals surface area contributed by atoms with Gasteiger partial charge in [0.1, 0.15) is 24.4 Å². The van der Waals surface area contributed by atoms with Crippen molar-refractivity contribution in [3.63, 3.8) is 0 Å². The summed E-state index contributed by atoms with van der Waals surface area (Å²) in [6, 6.07) is -1.22. The summed E-state index contributed by atoms with van der Waals surface area (Å²) in [5, 5.41) is 9.80. The molecule has 2 aliphatic rings. The van der Waals surface area contributed by atoms with Crippen molar-refractivity contribution >= 4 is 12.1 Å². The van der Waals surface area contributed by atoms with Crippen molar-refractivity contribution in [3.8, 4) is 0 Å². The normalized spacial score (nSPS) is 31.7. The number of fused-ring (bicyclic) bond motifs is 1. The Balaban J connectivity index is 2.27. The average Bonchev–Trinajstić information content (AvgIpc) is 2.84. The summed E-state index contributed by atoms with van der Waals surface area (Å²) in [6.45, 7) is 9.74. The van der Waals surface area contributed by atoms with Crippen LogP contribution in [0.2, 0.25) is 0 Å². The summed E-state index contributed by atoms with van der Waals surface area (Å²) in [5.74, 6) is -1.29. The van der Waals surface area contributed by atoms with Gasteiger partial charge in [-0.3, -0.25) is 9.69 Å². The number of carbonyl (C=O) groups is 2. The van der Waals surface area contributed by atoms with E-state index in [1.54, 1.807) is 34.6 Å². The average molecular weight is 345 g/mol. The fraction of sp³-hybridized carbons (Fsp3) is 0.875. The van der Waals surface area contributed by atoms with Crippen molar-refractivity contribution in [2.75, 3.05) is 13.2 Å². The monoisotopic (exact) mass is 345 g/mol. The van der Waals surface area contributed by atoms with E-state index in [9.17, 15) is 14.7 Å². The first kappa shape index (κ1) is 19.0. The number of nitrogens with zero attached hydrogens (tertiary/aromatic N) is 1. The van der Waals surface area contributed by atoms with Gasteiger partial charge >= 0.3 is 12.1 Å². The van der Waals surface area contributed by atoms with E-state index < -0.39 is 47.7 Å². The molecule has 138 valence electrons. The van der Waals surface area contributed by atoms with Crippen LogP contribution in [0.4, 0.5) is 4.79 Å². The van der Waals surface area contributed by atoms with E-state index in [2.05, 4.69) is 0 Å². The molecule has 2 rings (SSSR count). The molecule has 4 atom stereocenters. The Bertz CT molecular complexity index is 499. The van der Waals surface area contributed by atoms with E-state index in [0.29, 0.717) is 0 Å². The van der Waals surface area contributed by atoms with Crippen LogP contribution in [0.15, 0.2) is 0 Å². The molecule has 1 amide bonds. The molecule has 0 bridgehead atoms. The molecule has 0 aromatic rings. The summed E-state index contributed by atoms with van der Waals surface area (Å²) in [4.78, 5) is 25.2. The standard InChI is InChI=1S/C16H27NO7/c1-9(19)21-8-11-13-12(22-16(5,6)23-13)10(7-18)17(11)14(20)24-15(2,3)4/h10-13,18H,7-8H2,1-6H3/t10-,11+,12-,13+/m0/s1. The maximum absolute atomic E-state index is 12.6. The van der Waals surface area contributed by atoms with E-state index in [1.807, 2.05) is 0 Å². The third kappa shape index (κ3) is 3.99. The fourth-order valence-electron chi connectivity index (χ4n) is 3.13. The molecular formula is C16H27NO7. The van der Waals surface area contributed by atoms with Gasteiger partial charge in [-0.05, 0) is 34.6 Å². The molecule has 2 heterocycles. The van der Waals surface area contributed by atoms with Crippen LogP contribution in [0.3, 0.4) is 0 Å². The molecule has 24 heavy (non-hydrogen) atoms. The van der Waals surface area contributed by atoms with Gasteiger partial charge in [-0.2, -0.15) is 0 Å². The maximum atomic E-state index is 12.6. The zero-order valence-corrected chi connectivity index (χ0v) is 15.1. The molecule has 1 N–H and O–H groups in total. The minimum absolute atomic E-state index is 0.0499. The van der Waals surface area contributed by atoms with E-state index in [1.165, 1.54) is 11.8 Å². The summed E-state index contributed by atoms with van der Waals surface area (Å²) in [5.41, 5.74) is -0.693. The predicted octanol–water partition coefficient (Wildman–Crippen LogP) is 1.05. The number of aliphatic hydroxyl groups excluding tert-OH is 1. The number of ether oxygens (including phenoxy) is 4. The first-order valence-corrected chi connectivity index (χ1v) is 8.06. The van der Waals surface area contributed by atoms with Gasteiger partial charge in [0.15, 0.2) is 5.79 Å². The molecule has 0 unspecified atom stereocenters. The summed E-state index contributed by atoms with van der Waals surface area (Å²) in [6.07, 6.45) is -1.62. The maximum Gasteiger partial charge on any atom is 0.411 e. The van der Waals surface area contributed by atoms with E-state index in [-0.39, 0.29) is 13.2 Å². The lowest BCUT2D eigenvalue weighted by atomic mass is 10.1. The molecule has 0 aromatic heterocycles. The van der Waals surface area contributed by atoms with Crippen LogP contribution in [-0.4, -0.2) is 71.0 Å². The Morgan fingerprint density at radius 1 is 1.17 bits per heavy atom. The number of rotatable bonds is 3. The van der Waals surface area contributed by atoms with Gasteiger partial charge in [0, 0.05) is 6.92 Å². The Morgan fingerprint density at radius 3 is 2.17 bits per heavy atom. The largest absolute Gasteiger partial charge is 0.464 e. The molecular weight excluding hydrogens is 318 g/mol. The molecule has 2 saturated heterocycles. The summed E-state index contributed by atoms with van der Waals surface area (Å²) >= 11 is 0. The van der Waals surface area contributed by atoms with E-state index in [4.69, 9.17) is 18.9 Å². The van der Waals surface area contributed by atoms with E-state index in [0.717, 1.165) is 0 Å². The number of amides is 1. The molecule has 0 aliphatic carbocycles. The fourth-order valence-corrected chi connectivity index (χ4v) is 3.13. The van der Waals surface area contributed by atoms with Gasteiger partial charge in [0.05, 0.1) is 18.7 Å².